The van der Waals surface area contributed by atoms with Crippen molar-refractivity contribution in [3.05, 3.63) is 129 Å². The zero-order valence-corrected chi connectivity index (χ0v) is 26.6. The van der Waals surface area contributed by atoms with Gasteiger partial charge in [-0.3, -0.25) is 14.4 Å². The maximum atomic E-state index is 13.5. The lowest BCUT2D eigenvalue weighted by atomic mass is 10.1. The van der Waals surface area contributed by atoms with Crippen LogP contribution < -0.4 is 16.0 Å². The number of carbonyl (C=O) groups is 4. The van der Waals surface area contributed by atoms with E-state index < -0.39 is 23.0 Å². The Bertz CT molecular complexity index is 1730. The van der Waals surface area contributed by atoms with Gasteiger partial charge in [0.05, 0.1) is 23.6 Å². The van der Waals surface area contributed by atoms with Gasteiger partial charge in [-0.15, -0.1) is 11.8 Å². The minimum Gasteiger partial charge on any atom is -0.465 e. The Labute approximate surface area is 275 Å². The molecule has 4 aromatic rings. The number of hydrogen-bond acceptors (Lipinski definition) is 6. The number of halogens is 2. The Morgan fingerprint density at radius 1 is 0.844 bits per heavy atom. The molecule has 230 valence electrons. The second-order valence-corrected chi connectivity index (χ2v) is 11.6. The van der Waals surface area contributed by atoms with Crippen LogP contribution in [0.25, 0.3) is 6.08 Å². The van der Waals surface area contributed by atoms with E-state index in [-0.39, 0.29) is 17.2 Å². The molecule has 0 saturated heterocycles. The van der Waals surface area contributed by atoms with Gasteiger partial charge in [0, 0.05) is 31.8 Å². The van der Waals surface area contributed by atoms with Gasteiger partial charge in [-0.1, -0.05) is 72.6 Å². The summed E-state index contributed by atoms with van der Waals surface area (Å²) in [5.74, 6) is -1.95. The summed E-state index contributed by atoms with van der Waals surface area (Å²) < 4.78 is 4.82. The highest BCUT2D eigenvalue weighted by Crippen LogP contribution is 2.30. The van der Waals surface area contributed by atoms with Crippen LogP contribution in [-0.2, 0) is 14.3 Å². The molecule has 8 nitrogen and oxygen atoms in total. The van der Waals surface area contributed by atoms with E-state index in [0.29, 0.717) is 43.9 Å². The van der Waals surface area contributed by atoms with Crippen molar-refractivity contribution in [3.63, 3.8) is 0 Å². The summed E-state index contributed by atoms with van der Waals surface area (Å²) in [5, 5.41) is 8.40. The van der Waals surface area contributed by atoms with E-state index in [1.807, 2.05) is 13.0 Å². The fourth-order valence-electron chi connectivity index (χ4n) is 4.16. The minimum absolute atomic E-state index is 0.0769. The van der Waals surface area contributed by atoms with Gasteiger partial charge in [0.25, 0.3) is 11.8 Å². The van der Waals surface area contributed by atoms with E-state index >= 15 is 0 Å². The molecule has 0 aliphatic rings. The van der Waals surface area contributed by atoms with Crippen LogP contribution >= 0.6 is 35.0 Å². The van der Waals surface area contributed by atoms with Crippen LogP contribution in [0.1, 0.15) is 39.6 Å². The summed E-state index contributed by atoms with van der Waals surface area (Å²) in [6.45, 7) is 1.88. The molecule has 4 aromatic carbocycles. The first kappa shape index (κ1) is 33.3. The second kappa shape index (κ2) is 15.9. The molecule has 0 spiro atoms. The van der Waals surface area contributed by atoms with Crippen LogP contribution in [0, 0.1) is 0 Å². The highest BCUT2D eigenvalue weighted by molar-refractivity contribution is 8.00. The van der Waals surface area contributed by atoms with E-state index in [9.17, 15) is 19.2 Å². The van der Waals surface area contributed by atoms with Crippen molar-refractivity contribution in [3.8, 4) is 0 Å². The maximum absolute atomic E-state index is 13.5. The maximum Gasteiger partial charge on any atom is 0.339 e. The predicted octanol–water partition coefficient (Wildman–Crippen LogP) is 7.70. The normalized spacial score (nSPS) is 11.7. The standard InChI is InChI=1S/C34H29Cl2N3O5S/c1-3-30(33(42)38-28-18-8-7-15-24(28)34(43)44-2)45-23-14-9-13-22(19-23)37-32(41)29(20-25-26(35)16-10-17-27(25)36)39-31(40)21-11-5-4-6-12-21/h4-20,30H,3H2,1-2H3,(H,37,41)(H,38,42)(H,39,40)/b29-20+. The molecule has 0 bridgehead atoms. The van der Waals surface area contributed by atoms with Gasteiger partial charge in [0.15, 0.2) is 0 Å². The first-order valence-corrected chi connectivity index (χ1v) is 15.4. The van der Waals surface area contributed by atoms with E-state index in [2.05, 4.69) is 16.0 Å². The highest BCUT2D eigenvalue weighted by atomic mass is 35.5. The first-order chi connectivity index (χ1) is 21.7. The Kier molecular flexibility index (Phi) is 11.8. The Morgan fingerprint density at radius 3 is 2.20 bits per heavy atom. The number of anilines is 2. The first-order valence-electron chi connectivity index (χ1n) is 13.8. The lowest BCUT2D eigenvalue weighted by Crippen LogP contribution is -2.30. The number of nitrogens with one attached hydrogen (secondary N) is 3. The monoisotopic (exact) mass is 661 g/mol. The van der Waals surface area contributed by atoms with Gasteiger partial charge in [-0.2, -0.15) is 0 Å². The molecular formula is C34H29Cl2N3O5S. The van der Waals surface area contributed by atoms with Crippen LogP contribution in [0.2, 0.25) is 10.0 Å². The van der Waals surface area contributed by atoms with Crippen LogP contribution in [0.3, 0.4) is 0 Å². The number of thioether (sulfide) groups is 1. The number of benzene rings is 4. The van der Waals surface area contributed by atoms with Gasteiger partial charge in [0.2, 0.25) is 5.91 Å². The summed E-state index contributed by atoms with van der Waals surface area (Å²) in [6.07, 6.45) is 1.91. The number of methoxy groups -OCH3 is 1. The summed E-state index contributed by atoms with van der Waals surface area (Å²) >= 11 is 14.0. The van der Waals surface area contributed by atoms with Gasteiger partial charge in [-0.25, -0.2) is 4.79 Å². The minimum atomic E-state index is -0.610. The third kappa shape index (κ3) is 8.98. The molecular weight excluding hydrogens is 633 g/mol. The molecule has 3 N–H and O–H groups in total. The van der Waals surface area contributed by atoms with Crippen molar-refractivity contribution in [2.24, 2.45) is 0 Å². The van der Waals surface area contributed by atoms with Crippen LogP contribution in [-0.4, -0.2) is 36.1 Å². The van der Waals surface area contributed by atoms with Crippen molar-refractivity contribution >= 4 is 76.1 Å². The molecule has 0 saturated carbocycles. The number of rotatable bonds is 11. The molecule has 3 amide bonds. The van der Waals surface area contributed by atoms with Crippen molar-refractivity contribution in [1.29, 1.82) is 0 Å². The largest absolute Gasteiger partial charge is 0.465 e. The molecule has 0 aromatic heterocycles. The number of ether oxygens (including phenoxy) is 1. The van der Waals surface area contributed by atoms with Gasteiger partial charge in [-0.05, 0) is 67.1 Å². The molecule has 1 atom stereocenters. The second-order valence-electron chi connectivity index (χ2n) is 9.54. The molecule has 11 heteroatoms. The Hall–Kier alpha value is -4.57. The lowest BCUT2D eigenvalue weighted by Gasteiger charge is -2.17. The third-order valence-corrected chi connectivity index (χ3v) is 8.46. The average molecular weight is 663 g/mol. The van der Waals surface area contributed by atoms with Gasteiger partial charge in [0.1, 0.15) is 5.70 Å². The fourth-order valence-corrected chi connectivity index (χ4v) is 5.68. The molecule has 1 unspecified atom stereocenters. The SMILES string of the molecule is CCC(Sc1cccc(NC(=O)/C(=C\c2c(Cl)cccc2Cl)NC(=O)c2ccccc2)c1)C(=O)Nc1ccccc1C(=O)OC. The Morgan fingerprint density at radius 2 is 1.51 bits per heavy atom. The predicted molar refractivity (Wildman–Crippen MR) is 180 cm³/mol. The number of carbonyl (C=O) groups excluding carboxylic acids is 4. The highest BCUT2D eigenvalue weighted by Gasteiger charge is 2.22. The summed E-state index contributed by atoms with van der Waals surface area (Å²) in [7, 11) is 1.28. The number of esters is 1. The Balaban J connectivity index is 1.53. The van der Waals surface area contributed by atoms with E-state index in [4.69, 9.17) is 27.9 Å². The van der Waals surface area contributed by atoms with Crippen LogP contribution in [0.4, 0.5) is 11.4 Å². The fraction of sp³-hybridized carbons (Fsp3) is 0.118. The summed E-state index contributed by atoms with van der Waals surface area (Å²) in [6, 6.07) is 27.0. The number of para-hydroxylation sites is 1. The van der Waals surface area contributed by atoms with E-state index in [1.165, 1.54) is 24.9 Å². The molecule has 0 aliphatic heterocycles. The zero-order chi connectivity index (χ0) is 32.3. The number of hydrogen-bond donors (Lipinski definition) is 3. The smallest absolute Gasteiger partial charge is 0.339 e. The van der Waals surface area contributed by atoms with Crippen molar-refractivity contribution in [2.45, 2.75) is 23.5 Å². The lowest BCUT2D eigenvalue weighted by molar-refractivity contribution is -0.116. The van der Waals surface area contributed by atoms with Crippen LogP contribution in [0.15, 0.2) is 108 Å². The zero-order valence-electron chi connectivity index (χ0n) is 24.3. The average Bonchev–Trinajstić information content (AvgIpc) is 3.05. The van der Waals surface area contributed by atoms with Crippen molar-refractivity contribution in [2.75, 3.05) is 17.7 Å². The quantitative estimate of drug-likeness (QED) is 0.0862. The van der Waals surface area contributed by atoms with Gasteiger partial charge >= 0.3 is 5.97 Å². The van der Waals surface area contributed by atoms with Gasteiger partial charge < -0.3 is 20.7 Å². The van der Waals surface area contributed by atoms with Crippen LogP contribution in [0.5, 0.6) is 0 Å². The van der Waals surface area contributed by atoms with E-state index in [0.717, 1.165) is 0 Å². The molecule has 0 heterocycles. The molecule has 0 radical (unpaired) electrons. The summed E-state index contributed by atoms with van der Waals surface area (Å²) in [5.41, 5.74) is 1.68. The van der Waals surface area contributed by atoms with E-state index in [1.54, 1.807) is 91.0 Å². The molecule has 45 heavy (non-hydrogen) atoms. The molecule has 0 fully saturated rings. The van der Waals surface area contributed by atoms with Crippen molar-refractivity contribution in [1.82, 2.24) is 5.32 Å². The molecule has 4 rings (SSSR count). The molecule has 0 aliphatic carbocycles. The summed E-state index contributed by atoms with van der Waals surface area (Å²) in [4.78, 5) is 52.5. The topological polar surface area (TPSA) is 114 Å². The third-order valence-electron chi connectivity index (χ3n) is 6.44. The van der Waals surface area contributed by atoms with Crippen molar-refractivity contribution < 1.29 is 23.9 Å². The number of amides is 3.